The lowest BCUT2D eigenvalue weighted by Crippen LogP contribution is -2.42. The summed E-state index contributed by atoms with van der Waals surface area (Å²) >= 11 is 0. The average molecular weight is 262 g/mol. The van der Waals surface area contributed by atoms with Crippen molar-refractivity contribution in [1.29, 1.82) is 0 Å². The van der Waals surface area contributed by atoms with E-state index in [1.54, 1.807) is 0 Å². The van der Waals surface area contributed by atoms with Gasteiger partial charge in [-0.05, 0) is 24.8 Å². The van der Waals surface area contributed by atoms with Crippen molar-refractivity contribution in [3.63, 3.8) is 0 Å². The van der Waals surface area contributed by atoms with Crippen LogP contribution in [0.2, 0.25) is 0 Å². The Morgan fingerprint density at radius 1 is 1.16 bits per heavy atom. The molecule has 106 valence electrons. The molecule has 1 rings (SSSR count). The standard InChI is InChI=1S/C16H26N2O/c1-4-12-17-16(19)18(13-5-2)15(6-3)14-10-8-7-9-11-14/h7-11,15H,4-6,12-13H2,1-3H3,(H,17,19). The summed E-state index contributed by atoms with van der Waals surface area (Å²) in [7, 11) is 0. The minimum absolute atomic E-state index is 0.0550. The van der Waals surface area contributed by atoms with E-state index in [0.717, 1.165) is 32.4 Å². The molecule has 0 aliphatic heterocycles. The monoisotopic (exact) mass is 262 g/mol. The van der Waals surface area contributed by atoms with E-state index in [0.29, 0.717) is 0 Å². The van der Waals surface area contributed by atoms with Crippen LogP contribution in [-0.2, 0) is 0 Å². The molecule has 1 aromatic rings. The Morgan fingerprint density at radius 2 is 1.84 bits per heavy atom. The Balaban J connectivity index is 2.85. The second kappa shape index (κ2) is 8.57. The smallest absolute Gasteiger partial charge is 0.317 e. The van der Waals surface area contributed by atoms with Crippen molar-refractivity contribution in [3.05, 3.63) is 35.9 Å². The Morgan fingerprint density at radius 3 is 2.37 bits per heavy atom. The van der Waals surface area contributed by atoms with Gasteiger partial charge in [0.1, 0.15) is 0 Å². The fraction of sp³-hybridized carbons (Fsp3) is 0.562. The van der Waals surface area contributed by atoms with Crippen molar-refractivity contribution >= 4 is 6.03 Å². The average Bonchev–Trinajstić information content (AvgIpc) is 2.45. The number of rotatable bonds is 7. The summed E-state index contributed by atoms with van der Waals surface area (Å²) < 4.78 is 0. The van der Waals surface area contributed by atoms with Gasteiger partial charge in [-0.3, -0.25) is 0 Å². The summed E-state index contributed by atoms with van der Waals surface area (Å²) in [5, 5.41) is 2.99. The highest BCUT2D eigenvalue weighted by molar-refractivity contribution is 5.74. The summed E-state index contributed by atoms with van der Waals surface area (Å²) in [5.41, 5.74) is 1.21. The third kappa shape index (κ3) is 4.58. The van der Waals surface area contributed by atoms with Crippen LogP contribution in [0, 0.1) is 0 Å². The molecule has 3 nitrogen and oxygen atoms in total. The van der Waals surface area contributed by atoms with Crippen molar-refractivity contribution in [2.45, 2.75) is 46.1 Å². The van der Waals surface area contributed by atoms with Crippen LogP contribution in [0.3, 0.4) is 0 Å². The first-order chi connectivity index (χ1) is 9.24. The van der Waals surface area contributed by atoms with Crippen molar-refractivity contribution in [2.75, 3.05) is 13.1 Å². The van der Waals surface area contributed by atoms with Crippen molar-refractivity contribution in [1.82, 2.24) is 10.2 Å². The number of nitrogens with one attached hydrogen (secondary N) is 1. The molecule has 1 atom stereocenters. The topological polar surface area (TPSA) is 32.3 Å². The second-order valence-corrected chi connectivity index (χ2v) is 4.76. The van der Waals surface area contributed by atoms with E-state index >= 15 is 0 Å². The zero-order valence-corrected chi connectivity index (χ0v) is 12.4. The lowest BCUT2D eigenvalue weighted by molar-refractivity contribution is 0.172. The maximum atomic E-state index is 12.3. The van der Waals surface area contributed by atoms with Gasteiger partial charge in [0.15, 0.2) is 0 Å². The molecule has 0 aliphatic rings. The van der Waals surface area contributed by atoms with E-state index in [9.17, 15) is 4.79 Å². The number of benzene rings is 1. The molecule has 19 heavy (non-hydrogen) atoms. The zero-order valence-electron chi connectivity index (χ0n) is 12.4. The second-order valence-electron chi connectivity index (χ2n) is 4.76. The van der Waals surface area contributed by atoms with Gasteiger partial charge >= 0.3 is 6.03 Å². The molecule has 0 aromatic heterocycles. The molecule has 2 amide bonds. The van der Waals surface area contributed by atoms with Crippen LogP contribution in [0.25, 0.3) is 0 Å². The van der Waals surface area contributed by atoms with Crippen LogP contribution in [0.15, 0.2) is 30.3 Å². The van der Waals surface area contributed by atoms with Crippen molar-refractivity contribution < 1.29 is 4.79 Å². The van der Waals surface area contributed by atoms with Gasteiger partial charge in [0.05, 0.1) is 6.04 Å². The predicted molar refractivity (Wildman–Crippen MR) is 80.2 cm³/mol. The molecule has 1 aromatic carbocycles. The van der Waals surface area contributed by atoms with Gasteiger partial charge < -0.3 is 10.2 Å². The third-order valence-corrected chi connectivity index (χ3v) is 3.20. The Bertz CT molecular complexity index is 364. The zero-order chi connectivity index (χ0) is 14.1. The van der Waals surface area contributed by atoms with Crippen LogP contribution in [0.1, 0.15) is 51.6 Å². The molecular weight excluding hydrogens is 236 g/mol. The van der Waals surface area contributed by atoms with Gasteiger partial charge in [0.25, 0.3) is 0 Å². The van der Waals surface area contributed by atoms with Crippen LogP contribution in [-0.4, -0.2) is 24.0 Å². The molecule has 0 saturated carbocycles. The molecule has 1 unspecified atom stereocenters. The largest absolute Gasteiger partial charge is 0.338 e. The predicted octanol–water partition coefficient (Wildman–Crippen LogP) is 3.97. The maximum Gasteiger partial charge on any atom is 0.317 e. The number of hydrogen-bond donors (Lipinski definition) is 1. The molecule has 1 N–H and O–H groups in total. The fourth-order valence-corrected chi connectivity index (χ4v) is 2.28. The van der Waals surface area contributed by atoms with E-state index in [4.69, 9.17) is 0 Å². The number of carbonyl (C=O) groups excluding carboxylic acids is 1. The minimum atomic E-state index is 0.0550. The van der Waals surface area contributed by atoms with Gasteiger partial charge in [-0.1, -0.05) is 51.1 Å². The molecule has 0 saturated heterocycles. The maximum absolute atomic E-state index is 12.3. The first-order valence-electron chi connectivity index (χ1n) is 7.33. The number of hydrogen-bond acceptors (Lipinski definition) is 1. The highest BCUT2D eigenvalue weighted by Gasteiger charge is 2.22. The molecule has 0 aliphatic carbocycles. The van der Waals surface area contributed by atoms with Gasteiger partial charge in [-0.15, -0.1) is 0 Å². The van der Waals surface area contributed by atoms with E-state index < -0.39 is 0 Å². The lowest BCUT2D eigenvalue weighted by Gasteiger charge is -2.31. The van der Waals surface area contributed by atoms with E-state index in [2.05, 4.69) is 38.2 Å². The molecule has 0 radical (unpaired) electrons. The summed E-state index contributed by atoms with van der Waals surface area (Å²) in [6.07, 6.45) is 2.88. The van der Waals surface area contributed by atoms with E-state index in [-0.39, 0.29) is 12.1 Å². The molecule has 0 spiro atoms. The summed E-state index contributed by atoms with van der Waals surface area (Å²) in [5.74, 6) is 0. The van der Waals surface area contributed by atoms with E-state index in [1.165, 1.54) is 5.56 Å². The molecule has 0 heterocycles. The van der Waals surface area contributed by atoms with Gasteiger partial charge in [-0.25, -0.2) is 4.79 Å². The highest BCUT2D eigenvalue weighted by atomic mass is 16.2. The number of amides is 2. The quantitative estimate of drug-likeness (QED) is 0.792. The Labute approximate surface area is 117 Å². The summed E-state index contributed by atoms with van der Waals surface area (Å²) in [6, 6.07) is 10.5. The number of urea groups is 1. The summed E-state index contributed by atoms with van der Waals surface area (Å²) in [4.78, 5) is 14.2. The molecule has 0 fully saturated rings. The van der Waals surface area contributed by atoms with Crippen LogP contribution < -0.4 is 5.32 Å². The van der Waals surface area contributed by atoms with Crippen LogP contribution in [0.5, 0.6) is 0 Å². The minimum Gasteiger partial charge on any atom is -0.338 e. The van der Waals surface area contributed by atoms with Gasteiger partial charge in [0, 0.05) is 13.1 Å². The van der Waals surface area contributed by atoms with Crippen LogP contribution in [0.4, 0.5) is 4.79 Å². The Kier molecular flexibility index (Phi) is 7.01. The van der Waals surface area contributed by atoms with Crippen molar-refractivity contribution in [2.24, 2.45) is 0 Å². The molecule has 0 bridgehead atoms. The van der Waals surface area contributed by atoms with Crippen molar-refractivity contribution in [3.8, 4) is 0 Å². The van der Waals surface area contributed by atoms with Gasteiger partial charge in [-0.2, -0.15) is 0 Å². The first-order valence-corrected chi connectivity index (χ1v) is 7.33. The normalized spacial score (nSPS) is 11.9. The molecular formula is C16H26N2O. The SMILES string of the molecule is CCCNC(=O)N(CCC)C(CC)c1ccccc1. The van der Waals surface area contributed by atoms with Gasteiger partial charge in [0.2, 0.25) is 0 Å². The lowest BCUT2D eigenvalue weighted by atomic mass is 10.0. The van der Waals surface area contributed by atoms with E-state index in [1.807, 2.05) is 23.1 Å². The first kappa shape index (κ1) is 15.5. The Hall–Kier alpha value is -1.51. The number of nitrogens with zero attached hydrogens (tertiary/aromatic N) is 1. The summed E-state index contributed by atoms with van der Waals surface area (Å²) in [6.45, 7) is 7.84. The van der Waals surface area contributed by atoms with Crippen LogP contribution >= 0.6 is 0 Å². The fourth-order valence-electron chi connectivity index (χ4n) is 2.28. The number of carbonyl (C=O) groups is 1. The highest BCUT2D eigenvalue weighted by Crippen LogP contribution is 2.24. The third-order valence-electron chi connectivity index (χ3n) is 3.20. The molecule has 3 heteroatoms.